The van der Waals surface area contributed by atoms with Crippen LogP contribution >= 0.6 is 11.6 Å². The molecule has 0 aliphatic rings. The van der Waals surface area contributed by atoms with Gasteiger partial charge < -0.3 is 14.7 Å². The molecule has 1 aromatic rings. The first-order chi connectivity index (χ1) is 8.72. The van der Waals surface area contributed by atoms with Gasteiger partial charge in [-0.25, -0.2) is 0 Å². The number of aliphatic hydroxyl groups is 1. The molecule has 1 aromatic carbocycles. The topological polar surface area (TPSA) is 49.8 Å². The number of aliphatic hydroxyl groups excluding tert-OH is 1. The van der Waals surface area contributed by atoms with Crippen LogP contribution in [-0.4, -0.2) is 42.1 Å². The molecule has 0 saturated carbocycles. The van der Waals surface area contributed by atoms with E-state index >= 15 is 0 Å². The molecule has 0 bridgehead atoms. The summed E-state index contributed by atoms with van der Waals surface area (Å²) < 4.78 is 5.24. The molecule has 0 atom stereocenters. The van der Waals surface area contributed by atoms with Crippen LogP contribution in [0.2, 0.25) is 0 Å². The molecule has 1 N–H and O–H groups in total. The Bertz CT molecular complexity index is 384. The number of alkyl halides is 1. The molecule has 0 radical (unpaired) electrons. The van der Waals surface area contributed by atoms with Crippen LogP contribution in [0.1, 0.15) is 12.0 Å². The Morgan fingerprint density at radius 3 is 2.78 bits per heavy atom. The zero-order valence-corrected chi connectivity index (χ0v) is 11.2. The van der Waals surface area contributed by atoms with Crippen molar-refractivity contribution in [2.75, 3.05) is 26.1 Å². The fourth-order valence-corrected chi connectivity index (χ4v) is 1.85. The first-order valence-electron chi connectivity index (χ1n) is 5.79. The van der Waals surface area contributed by atoms with Crippen molar-refractivity contribution < 1.29 is 14.6 Å². The van der Waals surface area contributed by atoms with Crippen LogP contribution in [0, 0.1) is 0 Å². The molecule has 1 amide bonds. The van der Waals surface area contributed by atoms with E-state index in [1.807, 2.05) is 24.3 Å². The maximum atomic E-state index is 11.8. The number of para-hydroxylation sites is 1. The third kappa shape index (κ3) is 4.20. The van der Waals surface area contributed by atoms with Crippen molar-refractivity contribution in [3.05, 3.63) is 29.8 Å². The third-order valence-electron chi connectivity index (χ3n) is 2.58. The maximum Gasteiger partial charge on any atom is 0.224 e. The maximum absolute atomic E-state index is 11.8. The molecule has 0 aliphatic heterocycles. The Hall–Kier alpha value is -1.26. The van der Waals surface area contributed by atoms with Crippen molar-refractivity contribution in [2.45, 2.75) is 13.0 Å². The van der Waals surface area contributed by atoms with Crippen LogP contribution in [0.4, 0.5) is 0 Å². The molecule has 0 saturated heterocycles. The third-order valence-corrected chi connectivity index (χ3v) is 2.77. The number of ether oxygens (including phenoxy) is 1. The fraction of sp³-hybridized carbons (Fsp3) is 0.462. The largest absolute Gasteiger partial charge is 0.496 e. The Morgan fingerprint density at radius 1 is 1.44 bits per heavy atom. The van der Waals surface area contributed by atoms with Gasteiger partial charge in [0.2, 0.25) is 5.91 Å². The summed E-state index contributed by atoms with van der Waals surface area (Å²) in [5, 5.41) is 9.00. The minimum Gasteiger partial charge on any atom is -0.496 e. The van der Waals surface area contributed by atoms with Crippen LogP contribution < -0.4 is 4.74 Å². The fourth-order valence-electron chi connectivity index (χ4n) is 1.69. The lowest BCUT2D eigenvalue weighted by atomic mass is 10.2. The van der Waals surface area contributed by atoms with E-state index in [0.717, 1.165) is 11.3 Å². The number of hydrogen-bond acceptors (Lipinski definition) is 3. The molecule has 0 fully saturated rings. The van der Waals surface area contributed by atoms with Crippen molar-refractivity contribution >= 4 is 17.5 Å². The molecule has 0 unspecified atom stereocenters. The first-order valence-corrected chi connectivity index (χ1v) is 6.33. The van der Waals surface area contributed by atoms with Crippen LogP contribution in [-0.2, 0) is 11.3 Å². The summed E-state index contributed by atoms with van der Waals surface area (Å²) in [5.41, 5.74) is 0.913. The number of benzene rings is 1. The van der Waals surface area contributed by atoms with Crippen molar-refractivity contribution in [3.63, 3.8) is 0 Å². The molecule has 0 aromatic heterocycles. The van der Waals surface area contributed by atoms with E-state index < -0.39 is 0 Å². The van der Waals surface area contributed by atoms with Gasteiger partial charge in [0, 0.05) is 31.0 Å². The lowest BCUT2D eigenvalue weighted by Crippen LogP contribution is -2.33. The Kier molecular flexibility index (Phi) is 6.54. The number of amides is 1. The van der Waals surface area contributed by atoms with E-state index in [0.29, 0.717) is 13.1 Å². The highest BCUT2D eigenvalue weighted by atomic mass is 35.5. The lowest BCUT2D eigenvalue weighted by molar-refractivity contribution is -0.131. The lowest BCUT2D eigenvalue weighted by Gasteiger charge is -2.22. The number of carbonyl (C=O) groups excluding carboxylic acids is 1. The van der Waals surface area contributed by atoms with Gasteiger partial charge in [0.05, 0.1) is 13.7 Å². The van der Waals surface area contributed by atoms with Crippen molar-refractivity contribution in [1.29, 1.82) is 0 Å². The molecule has 0 aliphatic carbocycles. The van der Waals surface area contributed by atoms with E-state index in [1.165, 1.54) is 0 Å². The number of rotatable bonds is 7. The van der Waals surface area contributed by atoms with E-state index in [-0.39, 0.29) is 24.8 Å². The van der Waals surface area contributed by atoms with Gasteiger partial charge in [-0.05, 0) is 6.07 Å². The number of halogens is 1. The minimum atomic E-state index is -0.0663. The Balaban J connectivity index is 2.79. The van der Waals surface area contributed by atoms with Gasteiger partial charge in [0.15, 0.2) is 0 Å². The highest BCUT2D eigenvalue weighted by Crippen LogP contribution is 2.19. The summed E-state index contributed by atoms with van der Waals surface area (Å²) in [6.07, 6.45) is 0.275. The highest BCUT2D eigenvalue weighted by Gasteiger charge is 2.14. The average Bonchev–Trinajstić information content (AvgIpc) is 2.39. The molecule has 100 valence electrons. The summed E-state index contributed by atoms with van der Waals surface area (Å²) in [6.45, 7) is 0.650. The van der Waals surface area contributed by atoms with Gasteiger partial charge in [-0.3, -0.25) is 4.79 Å². The van der Waals surface area contributed by atoms with Crippen molar-refractivity contribution in [1.82, 2.24) is 4.90 Å². The van der Waals surface area contributed by atoms with Gasteiger partial charge in [0.25, 0.3) is 0 Å². The highest BCUT2D eigenvalue weighted by molar-refractivity contribution is 6.18. The molecular formula is C13H18ClNO3. The van der Waals surface area contributed by atoms with E-state index in [2.05, 4.69) is 0 Å². The van der Waals surface area contributed by atoms with Crippen molar-refractivity contribution in [2.24, 2.45) is 0 Å². The van der Waals surface area contributed by atoms with Crippen LogP contribution in [0.3, 0.4) is 0 Å². The summed E-state index contributed by atoms with van der Waals surface area (Å²) in [7, 11) is 1.59. The second kappa shape index (κ2) is 7.95. The molecule has 0 heterocycles. The normalized spacial score (nSPS) is 10.2. The Morgan fingerprint density at radius 2 is 2.17 bits per heavy atom. The van der Waals surface area contributed by atoms with Crippen LogP contribution in [0.5, 0.6) is 5.75 Å². The first kappa shape index (κ1) is 14.8. The predicted octanol–water partition coefficient (Wildman–Crippen LogP) is 1.64. The van der Waals surface area contributed by atoms with Gasteiger partial charge in [-0.15, -0.1) is 11.6 Å². The second-order valence-corrected chi connectivity index (χ2v) is 4.17. The van der Waals surface area contributed by atoms with Gasteiger partial charge in [-0.2, -0.15) is 0 Å². The van der Waals surface area contributed by atoms with E-state index in [4.69, 9.17) is 21.4 Å². The van der Waals surface area contributed by atoms with Gasteiger partial charge in [-0.1, -0.05) is 18.2 Å². The molecule has 18 heavy (non-hydrogen) atoms. The second-order valence-electron chi connectivity index (χ2n) is 3.79. The monoisotopic (exact) mass is 271 g/mol. The summed E-state index contributed by atoms with van der Waals surface area (Å²) in [4.78, 5) is 13.4. The van der Waals surface area contributed by atoms with Crippen LogP contribution in [0.25, 0.3) is 0 Å². The summed E-state index contributed by atoms with van der Waals surface area (Å²) >= 11 is 5.57. The molecule has 4 nitrogen and oxygen atoms in total. The molecular weight excluding hydrogens is 254 g/mol. The predicted molar refractivity (Wildman–Crippen MR) is 70.8 cm³/mol. The molecule has 0 spiro atoms. The standard InChI is InChI=1S/C13H18ClNO3/c1-18-12-5-3-2-4-11(12)10-15(8-9-16)13(17)6-7-14/h2-5,16H,6-10H2,1H3. The zero-order valence-electron chi connectivity index (χ0n) is 10.4. The van der Waals surface area contributed by atoms with E-state index in [9.17, 15) is 4.79 Å². The quantitative estimate of drug-likeness (QED) is 0.767. The number of nitrogens with zero attached hydrogens (tertiary/aromatic N) is 1. The number of carbonyl (C=O) groups is 1. The van der Waals surface area contributed by atoms with E-state index in [1.54, 1.807) is 12.0 Å². The number of hydrogen-bond donors (Lipinski definition) is 1. The molecule has 1 rings (SSSR count). The van der Waals surface area contributed by atoms with Gasteiger partial charge in [0.1, 0.15) is 5.75 Å². The Labute approximate surface area is 112 Å². The average molecular weight is 272 g/mol. The SMILES string of the molecule is COc1ccccc1CN(CCO)C(=O)CCCl. The summed E-state index contributed by atoms with van der Waals surface area (Å²) in [5.74, 6) is 0.955. The van der Waals surface area contributed by atoms with Gasteiger partial charge >= 0.3 is 0 Å². The summed E-state index contributed by atoms with van der Waals surface area (Å²) in [6, 6.07) is 7.51. The van der Waals surface area contributed by atoms with Crippen LogP contribution in [0.15, 0.2) is 24.3 Å². The zero-order chi connectivity index (χ0) is 13.4. The smallest absolute Gasteiger partial charge is 0.224 e. The number of methoxy groups -OCH3 is 1. The molecule has 5 heteroatoms. The minimum absolute atomic E-state index is 0.0649. The van der Waals surface area contributed by atoms with Crippen molar-refractivity contribution in [3.8, 4) is 5.75 Å².